The number of nitrogens with zero attached hydrogens (tertiary/aromatic N) is 3. The Bertz CT molecular complexity index is 526. The van der Waals surface area contributed by atoms with Crippen LogP contribution in [0.15, 0.2) is 47.2 Å². The third-order valence-electron chi connectivity index (χ3n) is 3.51. The summed E-state index contributed by atoms with van der Waals surface area (Å²) in [5, 5.41) is 3.33. The van der Waals surface area contributed by atoms with E-state index >= 15 is 0 Å². The average Bonchev–Trinajstić information content (AvgIpc) is 2.54. The molecule has 1 unspecified atom stereocenters. The Morgan fingerprint density at radius 1 is 1.10 bits per heavy atom. The van der Waals surface area contributed by atoms with Gasteiger partial charge in [0.25, 0.3) is 0 Å². The zero-order valence-electron chi connectivity index (χ0n) is 12.5. The van der Waals surface area contributed by atoms with Crippen molar-refractivity contribution in [1.82, 2.24) is 14.9 Å². The second-order valence-electron chi connectivity index (χ2n) is 4.75. The monoisotopic (exact) mass is 348 g/mol. The van der Waals surface area contributed by atoms with Crippen LogP contribution in [0, 0.1) is 0 Å². The molecule has 1 aromatic carbocycles. The normalized spacial score (nSPS) is 12.4. The van der Waals surface area contributed by atoms with E-state index in [2.05, 4.69) is 74.2 Å². The first-order valence-corrected chi connectivity index (χ1v) is 8.04. The van der Waals surface area contributed by atoms with Crippen LogP contribution in [0.3, 0.4) is 0 Å². The van der Waals surface area contributed by atoms with Crippen molar-refractivity contribution in [2.75, 3.05) is 25.0 Å². The lowest BCUT2D eigenvalue weighted by Crippen LogP contribution is -2.33. The number of aromatic nitrogens is 2. The van der Waals surface area contributed by atoms with Gasteiger partial charge in [0.2, 0.25) is 5.95 Å². The molecule has 0 saturated heterocycles. The van der Waals surface area contributed by atoms with Crippen LogP contribution in [-0.2, 0) is 0 Å². The third-order valence-corrected chi connectivity index (χ3v) is 3.92. The molecule has 1 atom stereocenters. The molecule has 0 aliphatic heterocycles. The molecule has 1 aromatic heterocycles. The van der Waals surface area contributed by atoms with E-state index in [4.69, 9.17) is 0 Å². The summed E-state index contributed by atoms with van der Waals surface area (Å²) in [6, 6.07) is 10.9. The fourth-order valence-electron chi connectivity index (χ4n) is 2.39. The number of anilines is 1. The molecule has 112 valence electrons. The maximum absolute atomic E-state index is 4.27. The minimum atomic E-state index is 0.313. The summed E-state index contributed by atoms with van der Waals surface area (Å²) in [6.45, 7) is 7.19. The van der Waals surface area contributed by atoms with Crippen molar-refractivity contribution >= 4 is 21.9 Å². The van der Waals surface area contributed by atoms with Gasteiger partial charge in [0.05, 0.1) is 10.5 Å². The number of halogens is 1. The highest BCUT2D eigenvalue weighted by atomic mass is 79.9. The molecule has 4 nitrogen and oxygen atoms in total. The highest BCUT2D eigenvalue weighted by Gasteiger charge is 2.17. The third kappa shape index (κ3) is 4.51. The van der Waals surface area contributed by atoms with Crippen LogP contribution in [0.4, 0.5) is 5.95 Å². The summed E-state index contributed by atoms with van der Waals surface area (Å²) in [4.78, 5) is 11.0. The molecule has 5 heteroatoms. The van der Waals surface area contributed by atoms with Gasteiger partial charge in [-0.1, -0.05) is 44.2 Å². The first-order chi connectivity index (χ1) is 10.2. The Balaban J connectivity index is 2.10. The first kappa shape index (κ1) is 15.9. The topological polar surface area (TPSA) is 41.0 Å². The molecule has 0 saturated carbocycles. The average molecular weight is 349 g/mol. The van der Waals surface area contributed by atoms with Crippen molar-refractivity contribution in [3.05, 3.63) is 52.8 Å². The zero-order valence-corrected chi connectivity index (χ0v) is 14.0. The summed E-state index contributed by atoms with van der Waals surface area (Å²) in [5.41, 5.74) is 1.31. The van der Waals surface area contributed by atoms with Gasteiger partial charge in [-0.15, -0.1) is 0 Å². The molecular weight excluding hydrogens is 328 g/mol. The van der Waals surface area contributed by atoms with Crippen molar-refractivity contribution in [3.8, 4) is 0 Å². The van der Waals surface area contributed by atoms with Crippen LogP contribution in [0.25, 0.3) is 0 Å². The minimum absolute atomic E-state index is 0.313. The van der Waals surface area contributed by atoms with Gasteiger partial charge in [0, 0.05) is 18.9 Å². The van der Waals surface area contributed by atoms with E-state index in [0.29, 0.717) is 12.0 Å². The Morgan fingerprint density at radius 3 is 2.29 bits per heavy atom. The molecule has 0 amide bonds. The van der Waals surface area contributed by atoms with E-state index in [0.717, 1.165) is 24.1 Å². The van der Waals surface area contributed by atoms with E-state index in [9.17, 15) is 0 Å². The number of likely N-dealkylation sites (N-methyl/N-ethyl adjacent to an activating group) is 1. The molecule has 0 bridgehead atoms. The summed E-state index contributed by atoms with van der Waals surface area (Å²) >= 11 is 3.35. The Hall–Kier alpha value is -1.46. The lowest BCUT2D eigenvalue weighted by molar-refractivity contribution is 0.228. The zero-order chi connectivity index (χ0) is 15.1. The number of hydrogen-bond donors (Lipinski definition) is 1. The summed E-state index contributed by atoms with van der Waals surface area (Å²) in [6.07, 6.45) is 3.51. The SMILES string of the molecule is CCN(CC)C(CNc1ncc(Br)cn1)c1ccccc1. The van der Waals surface area contributed by atoms with Crippen LogP contribution in [0.1, 0.15) is 25.5 Å². The lowest BCUT2D eigenvalue weighted by atomic mass is 10.1. The number of rotatable bonds is 7. The molecular formula is C16H21BrN4. The number of nitrogens with one attached hydrogen (secondary N) is 1. The highest BCUT2D eigenvalue weighted by Crippen LogP contribution is 2.20. The van der Waals surface area contributed by atoms with Crippen molar-refractivity contribution in [3.63, 3.8) is 0 Å². The van der Waals surface area contributed by atoms with Gasteiger partial charge in [-0.2, -0.15) is 0 Å². The predicted octanol–water partition coefficient (Wildman–Crippen LogP) is 3.73. The minimum Gasteiger partial charge on any atom is -0.352 e. The van der Waals surface area contributed by atoms with E-state index < -0.39 is 0 Å². The first-order valence-electron chi connectivity index (χ1n) is 7.25. The van der Waals surface area contributed by atoms with Gasteiger partial charge in [-0.3, -0.25) is 4.90 Å². The second kappa shape index (κ2) is 8.10. The predicted molar refractivity (Wildman–Crippen MR) is 90.3 cm³/mol. The van der Waals surface area contributed by atoms with E-state index in [1.165, 1.54) is 5.56 Å². The van der Waals surface area contributed by atoms with Gasteiger partial charge in [-0.25, -0.2) is 9.97 Å². The van der Waals surface area contributed by atoms with E-state index in [-0.39, 0.29) is 0 Å². The molecule has 1 N–H and O–H groups in total. The van der Waals surface area contributed by atoms with Crippen LogP contribution in [0.2, 0.25) is 0 Å². The van der Waals surface area contributed by atoms with Crippen molar-refractivity contribution in [2.24, 2.45) is 0 Å². The Morgan fingerprint density at radius 2 is 1.71 bits per heavy atom. The molecule has 0 radical (unpaired) electrons. The molecule has 0 aliphatic rings. The fourth-order valence-corrected chi connectivity index (χ4v) is 2.59. The van der Waals surface area contributed by atoms with Crippen LogP contribution in [0.5, 0.6) is 0 Å². The summed E-state index contributed by atoms with van der Waals surface area (Å²) in [7, 11) is 0. The summed E-state index contributed by atoms with van der Waals surface area (Å²) in [5.74, 6) is 0.659. The van der Waals surface area contributed by atoms with E-state index in [1.807, 2.05) is 6.07 Å². The van der Waals surface area contributed by atoms with Gasteiger partial charge in [-0.05, 0) is 34.6 Å². The molecule has 2 rings (SSSR count). The standard InChI is InChI=1S/C16H21BrN4/c1-3-21(4-2)15(13-8-6-5-7-9-13)12-20-16-18-10-14(17)11-19-16/h5-11,15H,3-4,12H2,1-2H3,(H,18,19,20). The quantitative estimate of drug-likeness (QED) is 0.827. The molecule has 1 heterocycles. The van der Waals surface area contributed by atoms with Gasteiger partial charge in [0.1, 0.15) is 0 Å². The maximum Gasteiger partial charge on any atom is 0.222 e. The van der Waals surface area contributed by atoms with Gasteiger partial charge in [0.15, 0.2) is 0 Å². The van der Waals surface area contributed by atoms with Crippen LogP contribution in [-0.4, -0.2) is 34.5 Å². The lowest BCUT2D eigenvalue weighted by Gasteiger charge is -2.30. The maximum atomic E-state index is 4.27. The Labute approximate surface area is 134 Å². The van der Waals surface area contributed by atoms with Crippen LogP contribution < -0.4 is 5.32 Å². The molecule has 2 aromatic rings. The fraction of sp³-hybridized carbons (Fsp3) is 0.375. The van der Waals surface area contributed by atoms with Crippen molar-refractivity contribution in [1.29, 1.82) is 0 Å². The Kier molecular flexibility index (Phi) is 6.14. The largest absolute Gasteiger partial charge is 0.352 e. The molecule has 0 spiro atoms. The van der Waals surface area contributed by atoms with Gasteiger partial charge < -0.3 is 5.32 Å². The summed E-state index contributed by atoms with van der Waals surface area (Å²) < 4.78 is 0.886. The second-order valence-corrected chi connectivity index (χ2v) is 5.67. The van der Waals surface area contributed by atoms with Crippen LogP contribution >= 0.6 is 15.9 Å². The molecule has 0 aliphatic carbocycles. The number of benzene rings is 1. The van der Waals surface area contributed by atoms with Crippen molar-refractivity contribution in [2.45, 2.75) is 19.9 Å². The number of hydrogen-bond acceptors (Lipinski definition) is 4. The van der Waals surface area contributed by atoms with Crippen molar-refractivity contribution < 1.29 is 0 Å². The smallest absolute Gasteiger partial charge is 0.222 e. The van der Waals surface area contributed by atoms with Gasteiger partial charge >= 0.3 is 0 Å². The van der Waals surface area contributed by atoms with E-state index in [1.54, 1.807) is 12.4 Å². The molecule has 0 fully saturated rings. The highest BCUT2D eigenvalue weighted by molar-refractivity contribution is 9.10. The molecule has 21 heavy (non-hydrogen) atoms.